The summed E-state index contributed by atoms with van der Waals surface area (Å²) in [6.07, 6.45) is 6.80. The summed E-state index contributed by atoms with van der Waals surface area (Å²) in [6, 6.07) is 6.25. The van der Waals surface area contributed by atoms with Crippen LogP contribution in [0, 0.1) is 0 Å². The number of likely N-dealkylation sites (N-methyl/N-ethyl adjacent to an activating group) is 1. The van der Waals surface area contributed by atoms with Crippen LogP contribution in [-0.2, 0) is 22.4 Å². The van der Waals surface area contributed by atoms with Crippen LogP contribution in [0.25, 0.3) is 0 Å². The molecule has 1 N–H and O–H groups in total. The highest BCUT2D eigenvalue weighted by molar-refractivity contribution is 6.01. The molecule has 1 aliphatic heterocycles. The highest BCUT2D eigenvalue weighted by Gasteiger charge is 2.24. The van der Waals surface area contributed by atoms with E-state index in [4.69, 9.17) is 0 Å². The number of benzene rings is 1. The van der Waals surface area contributed by atoms with Crippen molar-refractivity contribution in [3.8, 4) is 0 Å². The first-order valence-corrected chi connectivity index (χ1v) is 7.81. The Morgan fingerprint density at radius 1 is 1.29 bits per heavy atom. The third-order valence-corrected chi connectivity index (χ3v) is 4.56. The molecule has 3 rings (SSSR count). The standard InChI is InChI=1S/C17H22N2O2/c1-19-15-8-7-12(9-13(15)11-17(19)21)10-16(20)18-14-5-3-2-4-6-14/h7-9,14H,2-6,10-11H2,1H3,(H,18,20). The molecule has 1 heterocycles. The number of hydrogen-bond acceptors (Lipinski definition) is 2. The van der Waals surface area contributed by atoms with Crippen molar-refractivity contribution in [1.29, 1.82) is 0 Å². The molecule has 1 aromatic carbocycles. The van der Waals surface area contributed by atoms with Crippen LogP contribution in [0.3, 0.4) is 0 Å². The van der Waals surface area contributed by atoms with E-state index in [2.05, 4.69) is 5.32 Å². The largest absolute Gasteiger partial charge is 0.353 e. The average molecular weight is 286 g/mol. The summed E-state index contributed by atoms with van der Waals surface area (Å²) in [5.74, 6) is 0.216. The molecule has 1 saturated carbocycles. The van der Waals surface area contributed by atoms with Crippen molar-refractivity contribution in [2.24, 2.45) is 0 Å². The summed E-state index contributed by atoms with van der Waals surface area (Å²) < 4.78 is 0. The first kappa shape index (κ1) is 14.1. The third kappa shape index (κ3) is 3.09. The Morgan fingerprint density at radius 2 is 2.05 bits per heavy atom. The smallest absolute Gasteiger partial charge is 0.231 e. The van der Waals surface area contributed by atoms with Crippen LogP contribution in [-0.4, -0.2) is 24.9 Å². The molecular weight excluding hydrogens is 264 g/mol. The lowest BCUT2D eigenvalue weighted by molar-refractivity contribution is -0.121. The number of nitrogens with zero attached hydrogens (tertiary/aromatic N) is 1. The lowest BCUT2D eigenvalue weighted by Crippen LogP contribution is -2.37. The molecule has 0 unspecified atom stereocenters. The molecule has 4 heteroatoms. The quantitative estimate of drug-likeness (QED) is 0.926. The van der Waals surface area contributed by atoms with Gasteiger partial charge in [-0.2, -0.15) is 0 Å². The number of fused-ring (bicyclic) bond motifs is 1. The van der Waals surface area contributed by atoms with Crippen LogP contribution in [0.4, 0.5) is 5.69 Å². The van der Waals surface area contributed by atoms with E-state index >= 15 is 0 Å². The van der Waals surface area contributed by atoms with E-state index in [1.165, 1.54) is 19.3 Å². The van der Waals surface area contributed by atoms with Gasteiger partial charge in [-0.25, -0.2) is 0 Å². The van der Waals surface area contributed by atoms with Gasteiger partial charge < -0.3 is 10.2 Å². The molecule has 1 aliphatic carbocycles. The van der Waals surface area contributed by atoms with Gasteiger partial charge in [0.1, 0.15) is 0 Å². The van der Waals surface area contributed by atoms with Gasteiger partial charge in [-0.3, -0.25) is 9.59 Å². The van der Waals surface area contributed by atoms with Gasteiger partial charge in [-0.05, 0) is 30.0 Å². The summed E-state index contributed by atoms with van der Waals surface area (Å²) in [7, 11) is 1.80. The van der Waals surface area contributed by atoms with Crippen LogP contribution in [0.5, 0.6) is 0 Å². The zero-order valence-corrected chi connectivity index (χ0v) is 12.5. The van der Waals surface area contributed by atoms with Gasteiger partial charge in [0, 0.05) is 18.8 Å². The van der Waals surface area contributed by atoms with Gasteiger partial charge in [-0.1, -0.05) is 31.4 Å². The second-order valence-corrected chi connectivity index (χ2v) is 6.17. The first-order chi connectivity index (χ1) is 10.1. The van der Waals surface area contributed by atoms with Crippen molar-refractivity contribution >= 4 is 17.5 Å². The van der Waals surface area contributed by atoms with E-state index in [1.54, 1.807) is 11.9 Å². The van der Waals surface area contributed by atoms with Crippen molar-refractivity contribution in [3.05, 3.63) is 29.3 Å². The Balaban J connectivity index is 1.62. The van der Waals surface area contributed by atoms with Gasteiger partial charge in [-0.15, -0.1) is 0 Å². The predicted octanol–water partition coefficient (Wildman–Crippen LogP) is 2.20. The monoisotopic (exact) mass is 286 g/mol. The fourth-order valence-electron chi connectivity index (χ4n) is 3.34. The highest BCUT2D eigenvalue weighted by Crippen LogP contribution is 2.28. The molecule has 1 aromatic rings. The minimum Gasteiger partial charge on any atom is -0.353 e. The SMILES string of the molecule is CN1C(=O)Cc2cc(CC(=O)NC3CCCCC3)ccc21. The number of carbonyl (C=O) groups excluding carboxylic acids is 2. The number of nitrogens with one attached hydrogen (secondary N) is 1. The number of hydrogen-bond donors (Lipinski definition) is 1. The van der Waals surface area contributed by atoms with Crippen LogP contribution in [0.2, 0.25) is 0 Å². The Morgan fingerprint density at radius 3 is 2.81 bits per heavy atom. The second-order valence-electron chi connectivity index (χ2n) is 6.17. The zero-order chi connectivity index (χ0) is 14.8. The molecule has 0 atom stereocenters. The first-order valence-electron chi connectivity index (χ1n) is 7.81. The molecule has 4 nitrogen and oxygen atoms in total. The van der Waals surface area contributed by atoms with E-state index < -0.39 is 0 Å². The minimum atomic E-state index is 0.0968. The molecule has 0 aromatic heterocycles. The fourth-order valence-corrected chi connectivity index (χ4v) is 3.34. The maximum absolute atomic E-state index is 12.1. The van der Waals surface area contributed by atoms with E-state index in [-0.39, 0.29) is 11.8 Å². The van der Waals surface area contributed by atoms with E-state index in [9.17, 15) is 9.59 Å². The number of anilines is 1. The van der Waals surface area contributed by atoms with Crippen molar-refractivity contribution in [2.45, 2.75) is 51.0 Å². The van der Waals surface area contributed by atoms with Crippen molar-refractivity contribution in [3.63, 3.8) is 0 Å². The molecule has 2 aliphatic rings. The predicted molar refractivity (Wildman–Crippen MR) is 82.3 cm³/mol. The second kappa shape index (κ2) is 5.88. The van der Waals surface area contributed by atoms with Gasteiger partial charge in [0.15, 0.2) is 0 Å². The van der Waals surface area contributed by atoms with Crippen LogP contribution in [0.1, 0.15) is 43.2 Å². The maximum atomic E-state index is 12.1. The molecular formula is C17H22N2O2. The Hall–Kier alpha value is -1.84. The lowest BCUT2D eigenvalue weighted by atomic mass is 9.95. The molecule has 2 amide bonds. The third-order valence-electron chi connectivity index (χ3n) is 4.56. The summed E-state index contributed by atoms with van der Waals surface area (Å²) in [5.41, 5.74) is 2.99. The topological polar surface area (TPSA) is 49.4 Å². The molecule has 0 spiro atoms. The van der Waals surface area contributed by atoms with Gasteiger partial charge in [0.2, 0.25) is 11.8 Å². The van der Waals surface area contributed by atoms with Gasteiger partial charge in [0.25, 0.3) is 0 Å². The van der Waals surface area contributed by atoms with Gasteiger partial charge >= 0.3 is 0 Å². The highest BCUT2D eigenvalue weighted by atomic mass is 16.2. The fraction of sp³-hybridized carbons (Fsp3) is 0.529. The summed E-state index contributed by atoms with van der Waals surface area (Å²) in [6.45, 7) is 0. The van der Waals surface area contributed by atoms with Crippen LogP contribution >= 0.6 is 0 Å². The normalized spacial score (nSPS) is 18.7. The molecule has 112 valence electrons. The number of carbonyl (C=O) groups is 2. The van der Waals surface area contributed by atoms with E-state index in [0.29, 0.717) is 18.9 Å². The van der Waals surface area contributed by atoms with E-state index in [1.807, 2.05) is 18.2 Å². The Bertz CT molecular complexity index is 562. The summed E-state index contributed by atoms with van der Waals surface area (Å²) in [4.78, 5) is 25.5. The minimum absolute atomic E-state index is 0.0968. The maximum Gasteiger partial charge on any atom is 0.231 e. The van der Waals surface area contributed by atoms with Crippen molar-refractivity contribution < 1.29 is 9.59 Å². The van der Waals surface area contributed by atoms with Crippen LogP contribution < -0.4 is 10.2 Å². The Labute approximate surface area is 125 Å². The lowest BCUT2D eigenvalue weighted by Gasteiger charge is -2.22. The molecule has 21 heavy (non-hydrogen) atoms. The zero-order valence-electron chi connectivity index (χ0n) is 12.5. The molecule has 0 saturated heterocycles. The van der Waals surface area contributed by atoms with Crippen molar-refractivity contribution in [1.82, 2.24) is 5.32 Å². The molecule has 0 radical (unpaired) electrons. The Kier molecular flexibility index (Phi) is 3.95. The molecule has 0 bridgehead atoms. The van der Waals surface area contributed by atoms with Crippen LogP contribution in [0.15, 0.2) is 18.2 Å². The summed E-state index contributed by atoms with van der Waals surface area (Å²) >= 11 is 0. The van der Waals surface area contributed by atoms with Crippen molar-refractivity contribution in [2.75, 3.05) is 11.9 Å². The number of rotatable bonds is 3. The van der Waals surface area contributed by atoms with Gasteiger partial charge in [0.05, 0.1) is 12.8 Å². The number of amides is 2. The average Bonchev–Trinajstić information content (AvgIpc) is 2.74. The summed E-state index contributed by atoms with van der Waals surface area (Å²) in [5, 5.41) is 3.14. The van der Waals surface area contributed by atoms with E-state index in [0.717, 1.165) is 29.7 Å². The molecule has 1 fully saturated rings.